The molecule has 0 aliphatic heterocycles. The number of rotatable bonds is 5. The summed E-state index contributed by atoms with van der Waals surface area (Å²) in [7, 11) is 0. The summed E-state index contributed by atoms with van der Waals surface area (Å²) in [5.74, 6) is 2.63. The molecule has 0 bridgehead atoms. The molecule has 2 rings (SSSR count). The van der Waals surface area contributed by atoms with Crippen molar-refractivity contribution in [2.24, 2.45) is 11.8 Å². The van der Waals surface area contributed by atoms with Gasteiger partial charge in [-0.3, -0.25) is 0 Å². The van der Waals surface area contributed by atoms with E-state index in [0.717, 1.165) is 24.1 Å². The number of nitrogens with one attached hydrogen (secondary N) is 1. The van der Waals surface area contributed by atoms with Crippen molar-refractivity contribution in [2.75, 3.05) is 6.54 Å². The van der Waals surface area contributed by atoms with Crippen LogP contribution in [0.3, 0.4) is 0 Å². The molecule has 0 spiro atoms. The van der Waals surface area contributed by atoms with E-state index >= 15 is 0 Å². The van der Waals surface area contributed by atoms with Gasteiger partial charge in [0.15, 0.2) is 0 Å². The molecule has 1 fully saturated rings. The Morgan fingerprint density at radius 1 is 1.19 bits per heavy atom. The van der Waals surface area contributed by atoms with Crippen molar-refractivity contribution in [3.8, 4) is 5.75 Å². The predicted octanol–water partition coefficient (Wildman–Crippen LogP) is 4.87. The first kappa shape index (κ1) is 16.4. The summed E-state index contributed by atoms with van der Waals surface area (Å²) in [6.45, 7) is 12.2. The number of hydrogen-bond donors (Lipinski definition) is 1. The summed E-state index contributed by atoms with van der Waals surface area (Å²) in [6, 6.07) is 6.94. The number of aryl methyl sites for hydroxylation is 1. The zero-order chi connectivity index (χ0) is 15.4. The highest BCUT2D eigenvalue weighted by molar-refractivity contribution is 5.39. The van der Waals surface area contributed by atoms with E-state index in [1.54, 1.807) is 0 Å². The minimum atomic E-state index is 0.337. The van der Waals surface area contributed by atoms with E-state index in [1.165, 1.54) is 30.4 Å². The average molecular weight is 289 g/mol. The largest absolute Gasteiger partial charge is 0.490 e. The fourth-order valence-corrected chi connectivity index (χ4v) is 3.67. The molecular formula is C19H31NO. The van der Waals surface area contributed by atoms with Crippen LogP contribution in [0.2, 0.25) is 0 Å². The van der Waals surface area contributed by atoms with Crippen molar-refractivity contribution in [2.45, 2.75) is 66.0 Å². The van der Waals surface area contributed by atoms with Crippen molar-refractivity contribution in [3.63, 3.8) is 0 Å². The maximum Gasteiger partial charge on any atom is 0.124 e. The number of benzene rings is 1. The van der Waals surface area contributed by atoms with E-state index in [9.17, 15) is 0 Å². The van der Waals surface area contributed by atoms with Crippen molar-refractivity contribution < 1.29 is 4.74 Å². The van der Waals surface area contributed by atoms with Crippen molar-refractivity contribution >= 4 is 0 Å². The molecule has 3 atom stereocenters. The molecule has 2 heteroatoms. The Hall–Kier alpha value is -1.02. The van der Waals surface area contributed by atoms with Crippen LogP contribution in [-0.4, -0.2) is 12.6 Å². The highest BCUT2D eigenvalue weighted by Gasteiger charge is 2.26. The molecule has 0 aromatic heterocycles. The molecule has 3 unspecified atom stereocenters. The summed E-state index contributed by atoms with van der Waals surface area (Å²) in [4.78, 5) is 0. The standard InChI is InChI=1S/C19H31NO/c1-6-20-16(5)18-8-7-13(2)12-19(18)21-17-10-14(3)9-15(4)11-17/h7-8,12,14-17,20H,6,9-11H2,1-5H3. The Bertz CT molecular complexity index is 447. The van der Waals surface area contributed by atoms with E-state index in [2.05, 4.69) is 58.1 Å². The van der Waals surface area contributed by atoms with E-state index in [4.69, 9.17) is 4.74 Å². The molecule has 0 amide bonds. The molecule has 1 aromatic carbocycles. The first-order valence-electron chi connectivity index (χ1n) is 8.50. The van der Waals surface area contributed by atoms with Gasteiger partial charge in [-0.25, -0.2) is 0 Å². The summed E-state index contributed by atoms with van der Waals surface area (Å²) in [6.07, 6.45) is 4.09. The molecule has 1 aliphatic rings. The van der Waals surface area contributed by atoms with Crippen LogP contribution < -0.4 is 10.1 Å². The lowest BCUT2D eigenvalue weighted by molar-refractivity contribution is 0.0995. The van der Waals surface area contributed by atoms with Crippen molar-refractivity contribution in [1.82, 2.24) is 5.32 Å². The quantitative estimate of drug-likeness (QED) is 0.835. The Labute approximate surface area is 130 Å². The molecule has 0 radical (unpaired) electrons. The van der Waals surface area contributed by atoms with Gasteiger partial charge in [0.1, 0.15) is 5.75 Å². The van der Waals surface area contributed by atoms with E-state index in [-0.39, 0.29) is 0 Å². The molecule has 21 heavy (non-hydrogen) atoms. The number of ether oxygens (including phenoxy) is 1. The highest BCUT2D eigenvalue weighted by atomic mass is 16.5. The molecule has 2 nitrogen and oxygen atoms in total. The molecule has 1 aliphatic carbocycles. The molecule has 0 saturated heterocycles. The minimum absolute atomic E-state index is 0.337. The van der Waals surface area contributed by atoms with Crippen LogP contribution in [-0.2, 0) is 0 Å². The zero-order valence-corrected chi connectivity index (χ0v) is 14.3. The van der Waals surface area contributed by atoms with Gasteiger partial charge in [-0.2, -0.15) is 0 Å². The Balaban J connectivity index is 2.16. The monoisotopic (exact) mass is 289 g/mol. The molecule has 1 N–H and O–H groups in total. The van der Waals surface area contributed by atoms with E-state index < -0.39 is 0 Å². The summed E-state index contributed by atoms with van der Waals surface area (Å²) < 4.78 is 6.44. The van der Waals surface area contributed by atoms with Gasteiger partial charge in [0.25, 0.3) is 0 Å². The highest BCUT2D eigenvalue weighted by Crippen LogP contribution is 2.34. The molecule has 1 saturated carbocycles. The van der Waals surface area contributed by atoms with Crippen LogP contribution in [0.4, 0.5) is 0 Å². The Kier molecular flexibility index (Phi) is 5.69. The van der Waals surface area contributed by atoms with Crippen molar-refractivity contribution in [1.29, 1.82) is 0 Å². The lowest BCUT2D eigenvalue weighted by Gasteiger charge is -2.32. The van der Waals surface area contributed by atoms with Crippen LogP contribution >= 0.6 is 0 Å². The van der Waals surface area contributed by atoms with Gasteiger partial charge in [-0.15, -0.1) is 0 Å². The summed E-state index contributed by atoms with van der Waals surface area (Å²) in [5, 5.41) is 3.50. The second-order valence-electron chi connectivity index (χ2n) is 6.98. The lowest BCUT2D eigenvalue weighted by atomic mass is 9.82. The Morgan fingerprint density at radius 3 is 2.48 bits per heavy atom. The van der Waals surface area contributed by atoms with Crippen molar-refractivity contribution in [3.05, 3.63) is 29.3 Å². The first-order valence-corrected chi connectivity index (χ1v) is 8.50. The molecule has 1 aromatic rings. The lowest BCUT2D eigenvalue weighted by Crippen LogP contribution is -2.29. The Morgan fingerprint density at radius 2 is 1.86 bits per heavy atom. The third kappa shape index (κ3) is 4.47. The van der Waals surface area contributed by atoms with Gasteiger partial charge in [-0.05, 0) is 63.1 Å². The van der Waals surface area contributed by atoms with E-state index in [0.29, 0.717) is 12.1 Å². The second-order valence-corrected chi connectivity index (χ2v) is 6.98. The third-order valence-electron chi connectivity index (χ3n) is 4.57. The predicted molar refractivity (Wildman–Crippen MR) is 89.9 cm³/mol. The van der Waals surface area contributed by atoms with Gasteiger partial charge in [0.2, 0.25) is 0 Å². The summed E-state index contributed by atoms with van der Waals surface area (Å²) >= 11 is 0. The fraction of sp³-hybridized carbons (Fsp3) is 0.684. The van der Waals surface area contributed by atoms with Gasteiger partial charge < -0.3 is 10.1 Å². The minimum Gasteiger partial charge on any atom is -0.490 e. The van der Waals surface area contributed by atoms with Crippen LogP contribution in [0.5, 0.6) is 5.75 Å². The fourth-order valence-electron chi connectivity index (χ4n) is 3.67. The maximum atomic E-state index is 6.44. The SMILES string of the molecule is CCNC(C)c1ccc(C)cc1OC1CC(C)CC(C)C1. The molecular weight excluding hydrogens is 258 g/mol. The zero-order valence-electron chi connectivity index (χ0n) is 14.3. The average Bonchev–Trinajstić information content (AvgIpc) is 2.37. The van der Waals surface area contributed by atoms with Gasteiger partial charge >= 0.3 is 0 Å². The first-order chi connectivity index (χ1) is 9.99. The third-order valence-corrected chi connectivity index (χ3v) is 4.57. The van der Waals surface area contributed by atoms with Crippen LogP contribution in [0, 0.1) is 18.8 Å². The molecule has 118 valence electrons. The van der Waals surface area contributed by atoms with Gasteiger partial charge in [0, 0.05) is 11.6 Å². The van der Waals surface area contributed by atoms with Crippen LogP contribution in [0.25, 0.3) is 0 Å². The normalized spacial score (nSPS) is 27.4. The van der Waals surface area contributed by atoms with Gasteiger partial charge in [0.05, 0.1) is 6.10 Å². The van der Waals surface area contributed by atoms with Crippen LogP contribution in [0.15, 0.2) is 18.2 Å². The van der Waals surface area contributed by atoms with Crippen LogP contribution in [0.1, 0.15) is 64.1 Å². The summed E-state index contributed by atoms with van der Waals surface area (Å²) in [5.41, 5.74) is 2.56. The maximum absolute atomic E-state index is 6.44. The van der Waals surface area contributed by atoms with Gasteiger partial charge in [-0.1, -0.05) is 32.9 Å². The van der Waals surface area contributed by atoms with E-state index in [1.807, 2.05) is 0 Å². The number of hydrogen-bond acceptors (Lipinski definition) is 2. The second kappa shape index (κ2) is 7.31. The smallest absolute Gasteiger partial charge is 0.124 e. The molecule has 0 heterocycles. The topological polar surface area (TPSA) is 21.3 Å².